The summed E-state index contributed by atoms with van der Waals surface area (Å²) in [6.45, 7) is 7.35. The summed E-state index contributed by atoms with van der Waals surface area (Å²) in [7, 11) is 0. The standard InChI is InChI=1S/C23H22O3.C23H26.C22H26O.C21H20O2.C20H20O.C15H19NO2/c24-23(25-13-17-12-15-9-10-16(17)11-15)26-14-22-20-7-3-1-5-18(20)19-6-2-4-8-21(19)22;1-2-7-20(8-3-1)21-13-10-18(11-14-21)6-4-5-9-22-16-19-12-15-23(22)17-19;1-2-6-20-15-18(9-10-19(20)5-1)16-23-12-4-3-7-21-13-17-8-11-22(21)14-17;22-21(14-19-13-15-6-7-18(19)12-15)23-20-10-8-17(9-11-20)16-4-2-1-3-5-16;1-2-6-16(7-3-1)19-8-4-5-9-20(19)21-14-18-13-15-10-11-17(18)12-15;1-9-10(2)15(18)16(14(9)17)6-5-13-8-11-3-4-12(13)7-11/h1-10,15-17,22H,11-14H2;1-3,7-8,10-15,19,22-23H,4-6,9,16-17H2;1-2,5-6,8-11,15,17,21-22H,3-4,7,12-14,16H2;1-11,15,18-19H,12-14H2;1-11,15,17-18H,12-14H2;3-4,11-13H,5-8H2,1-2H3. The van der Waals surface area contributed by atoms with Gasteiger partial charge in [0.2, 0.25) is 0 Å². The van der Waals surface area contributed by atoms with Crippen LogP contribution in [0.25, 0.3) is 55.3 Å². The molecule has 10 heteroatoms. The Hall–Kier alpha value is -11.7. The first kappa shape index (κ1) is 91.4. The van der Waals surface area contributed by atoms with Gasteiger partial charge < -0.3 is 23.7 Å². The van der Waals surface area contributed by atoms with Crippen molar-refractivity contribution >= 4 is 34.7 Å². The van der Waals surface area contributed by atoms with Gasteiger partial charge in [-0.25, -0.2) is 4.79 Å². The van der Waals surface area contributed by atoms with Gasteiger partial charge in [0.15, 0.2) is 0 Å². The highest BCUT2D eigenvalue weighted by Crippen LogP contribution is 2.52. The molecule has 134 heavy (non-hydrogen) atoms. The molecule has 6 fully saturated rings. The van der Waals surface area contributed by atoms with Crippen LogP contribution >= 0.6 is 0 Å². The first-order chi connectivity index (χ1) is 65.8. The molecule has 14 aliphatic rings. The highest BCUT2D eigenvalue weighted by molar-refractivity contribution is 6.18. The van der Waals surface area contributed by atoms with Gasteiger partial charge in [0.1, 0.15) is 18.1 Å². The van der Waals surface area contributed by atoms with Crippen molar-refractivity contribution in [2.24, 2.45) is 107 Å². The Morgan fingerprint density at radius 3 is 1.26 bits per heavy atom. The Morgan fingerprint density at radius 2 is 0.754 bits per heavy atom. The van der Waals surface area contributed by atoms with Crippen LogP contribution in [0.5, 0.6) is 11.5 Å². The van der Waals surface area contributed by atoms with Gasteiger partial charge in [-0.2, -0.15) is 0 Å². The number of allylic oxidation sites excluding steroid dienone is 12. The van der Waals surface area contributed by atoms with Crippen molar-refractivity contribution < 1.29 is 42.9 Å². The molecule has 0 N–H and O–H groups in total. The van der Waals surface area contributed by atoms with E-state index in [1.807, 2.05) is 54.6 Å². The van der Waals surface area contributed by atoms with E-state index in [-0.39, 0.29) is 23.7 Å². The summed E-state index contributed by atoms with van der Waals surface area (Å²) in [6.07, 6.45) is 54.4. The molecule has 6 saturated carbocycles. The molecule has 0 aromatic heterocycles. The molecule has 10 nitrogen and oxygen atoms in total. The second-order valence-electron chi connectivity index (χ2n) is 40.9. The summed E-state index contributed by atoms with van der Waals surface area (Å²) in [5.41, 5.74) is 16.3. The zero-order chi connectivity index (χ0) is 91.1. The lowest BCUT2D eigenvalue weighted by molar-refractivity contribution is -0.138. The average Bonchev–Trinajstić information content (AvgIpc) is 1.61. The zero-order valence-electron chi connectivity index (χ0n) is 78.4. The quantitative estimate of drug-likeness (QED) is 0.0155. The van der Waals surface area contributed by atoms with E-state index in [4.69, 9.17) is 23.7 Å². The molecule has 1 aliphatic heterocycles. The fraction of sp³-hybridized carbons (Fsp3) is 0.387. The van der Waals surface area contributed by atoms with Crippen molar-refractivity contribution in [2.75, 3.05) is 33.0 Å². The summed E-state index contributed by atoms with van der Waals surface area (Å²) in [6, 6.07) is 88.4. The number of ether oxygens (including phenoxy) is 5. The third-order valence-electron chi connectivity index (χ3n) is 32.3. The van der Waals surface area contributed by atoms with Crippen LogP contribution in [0.4, 0.5) is 4.79 Å². The van der Waals surface area contributed by atoms with E-state index in [2.05, 4.69) is 273 Å². The SMILES string of the molecule is C1=CC2CC1CC2CCCCOCc1ccc2ccccc2c1.C1=CC2CC1CC2CCCCc1ccc(-c2ccccc2)cc1.C1=CC2CC1CC2COc1ccccc1-c1ccccc1.CC1=C(C)C(=O)N(CCC2CC3C=CC2C3)C1=O.O=C(CC1CC2C=CC1C2)Oc1ccc(-c2ccccc2)cc1.O=C(OCC1c2ccccc2-c2ccccc21)OCC1CC2C=CC1C2. The van der Waals surface area contributed by atoms with Crippen LogP contribution in [0.1, 0.15) is 170 Å². The smallest absolute Gasteiger partial charge is 0.493 e. The predicted molar refractivity (Wildman–Crippen MR) is 540 cm³/mol. The highest BCUT2D eigenvalue weighted by atomic mass is 16.7. The number of aryl methyl sites for hydroxylation is 1. The molecule has 12 bridgehead atoms. The molecular formula is C124H133NO9. The van der Waals surface area contributed by atoms with Crippen LogP contribution in [0.15, 0.2) is 339 Å². The minimum atomic E-state index is -0.543. The lowest BCUT2D eigenvalue weighted by Gasteiger charge is -2.21. The summed E-state index contributed by atoms with van der Waals surface area (Å²) in [5, 5.41) is 2.61. The molecule has 18 unspecified atom stereocenters. The van der Waals surface area contributed by atoms with Crippen molar-refractivity contribution in [1.29, 1.82) is 0 Å². The van der Waals surface area contributed by atoms with E-state index in [9.17, 15) is 19.2 Å². The monoisotopic (exact) mass is 1780 g/mol. The van der Waals surface area contributed by atoms with Crippen LogP contribution in [-0.4, -0.2) is 61.8 Å². The number of carbonyl (C=O) groups excluding carboxylic acids is 4. The number of para-hydroxylation sites is 1. The van der Waals surface area contributed by atoms with Gasteiger partial charge in [0, 0.05) is 48.1 Å². The Bertz CT molecular complexity index is 5830. The number of carbonyl (C=O) groups is 4. The molecule has 688 valence electrons. The fourth-order valence-electron chi connectivity index (χ4n) is 24.8. The van der Waals surface area contributed by atoms with Gasteiger partial charge in [0.05, 0.1) is 19.8 Å². The first-order valence-corrected chi connectivity index (χ1v) is 50.8. The minimum Gasteiger partial charge on any atom is -0.493 e. The topological polar surface area (TPSA) is 118 Å². The van der Waals surface area contributed by atoms with Crippen molar-refractivity contribution in [3.63, 3.8) is 0 Å². The third kappa shape index (κ3) is 22.6. The minimum absolute atomic E-state index is 0.0837. The van der Waals surface area contributed by atoms with Crippen molar-refractivity contribution in [1.82, 2.24) is 4.90 Å². The second kappa shape index (κ2) is 43.7. The van der Waals surface area contributed by atoms with E-state index < -0.39 is 6.16 Å². The number of unbranched alkanes of at least 4 members (excludes halogenated alkanes) is 2. The average molecular weight is 1780 g/mol. The molecule has 2 amide bonds. The van der Waals surface area contributed by atoms with E-state index in [0.29, 0.717) is 96.3 Å². The fourth-order valence-corrected chi connectivity index (χ4v) is 24.8. The number of esters is 1. The molecule has 0 saturated heterocycles. The maximum atomic E-state index is 12.2. The lowest BCUT2D eigenvalue weighted by Crippen LogP contribution is -2.33. The molecule has 1 heterocycles. The number of rotatable bonds is 28. The van der Waals surface area contributed by atoms with E-state index in [1.54, 1.807) is 13.8 Å². The lowest BCUT2D eigenvalue weighted by atomic mass is 9.88. The largest absolute Gasteiger partial charge is 0.508 e. The van der Waals surface area contributed by atoms with Crippen molar-refractivity contribution in [2.45, 2.75) is 161 Å². The number of benzene rings is 10. The number of hydrogen-bond acceptors (Lipinski definition) is 9. The normalized spacial score (nSPS) is 26.5. The molecular weight excluding hydrogens is 1650 g/mol. The van der Waals surface area contributed by atoms with Gasteiger partial charge >= 0.3 is 12.1 Å². The van der Waals surface area contributed by atoms with Gasteiger partial charge in [0.25, 0.3) is 11.8 Å². The molecule has 10 aromatic rings. The molecule has 0 radical (unpaired) electrons. The third-order valence-corrected chi connectivity index (χ3v) is 32.3. The number of nitrogens with zero attached hydrogens (tertiary/aromatic N) is 1. The number of amides is 2. The predicted octanol–water partition coefficient (Wildman–Crippen LogP) is 29.3. The molecule has 0 spiro atoms. The van der Waals surface area contributed by atoms with Crippen molar-refractivity contribution in [3.05, 3.63) is 361 Å². The summed E-state index contributed by atoms with van der Waals surface area (Å²) < 4.78 is 28.5. The van der Waals surface area contributed by atoms with Crippen LogP contribution in [0.2, 0.25) is 0 Å². The number of hydrogen-bond donors (Lipinski definition) is 0. The van der Waals surface area contributed by atoms with Gasteiger partial charge in [-0.3, -0.25) is 19.3 Å². The summed E-state index contributed by atoms with van der Waals surface area (Å²) >= 11 is 0. The number of fused-ring (bicyclic) bond motifs is 16. The summed E-state index contributed by atoms with van der Waals surface area (Å²) in [4.78, 5) is 49.6. The van der Waals surface area contributed by atoms with E-state index in [1.165, 1.54) is 186 Å². The Kier molecular flexibility index (Phi) is 29.8. The van der Waals surface area contributed by atoms with Crippen molar-refractivity contribution in [3.8, 4) is 56.0 Å². The highest BCUT2D eigenvalue weighted by Gasteiger charge is 2.43. The Balaban J connectivity index is 0.000000104. The zero-order valence-corrected chi connectivity index (χ0v) is 78.4. The van der Waals surface area contributed by atoms with Gasteiger partial charge in [-0.15, -0.1) is 0 Å². The van der Waals surface area contributed by atoms with Crippen LogP contribution in [0.3, 0.4) is 0 Å². The van der Waals surface area contributed by atoms with Gasteiger partial charge in [-0.1, -0.05) is 316 Å². The molecule has 10 aromatic carbocycles. The van der Waals surface area contributed by atoms with Gasteiger partial charge in [-0.05, 0) is 326 Å². The van der Waals surface area contributed by atoms with E-state index in [0.717, 1.165) is 104 Å². The van der Waals surface area contributed by atoms with E-state index >= 15 is 0 Å². The molecule has 13 aliphatic carbocycles. The summed E-state index contributed by atoms with van der Waals surface area (Å²) in [5.74, 6) is 14.9. The van der Waals surface area contributed by atoms with Crippen LogP contribution in [0, 0.1) is 107 Å². The maximum absolute atomic E-state index is 12.2. The second-order valence-corrected chi connectivity index (χ2v) is 40.9. The Morgan fingerprint density at radius 1 is 0.343 bits per heavy atom. The number of imide groups is 1. The molecule has 24 rings (SSSR count). The van der Waals surface area contributed by atoms with Crippen LogP contribution < -0.4 is 9.47 Å². The Labute approximate surface area is 795 Å². The van der Waals surface area contributed by atoms with Crippen LogP contribution in [-0.2, 0) is 41.6 Å². The molecule has 18 atom stereocenters. The maximum Gasteiger partial charge on any atom is 0.508 e. The first-order valence-electron chi connectivity index (χ1n) is 50.8.